The van der Waals surface area contributed by atoms with Crippen LogP contribution in [0.3, 0.4) is 0 Å². The Labute approximate surface area is 181 Å². The molecule has 0 N–H and O–H groups in total. The Morgan fingerprint density at radius 2 is 1.60 bits per heavy atom. The van der Waals surface area contributed by atoms with Crippen LogP contribution in [-0.4, -0.2) is 9.52 Å². The van der Waals surface area contributed by atoms with E-state index in [1.807, 2.05) is 18.2 Å². The summed E-state index contributed by atoms with van der Waals surface area (Å²) < 4.78 is 0. The molecule has 0 atom stereocenters. The van der Waals surface area contributed by atoms with Crippen molar-refractivity contribution in [1.82, 2.24) is 0 Å². The normalized spacial score (nSPS) is 10.1. The van der Waals surface area contributed by atoms with Gasteiger partial charge in [0.25, 0.3) is 0 Å². The van der Waals surface area contributed by atoms with E-state index in [-0.39, 0.29) is 46.5 Å². The van der Waals surface area contributed by atoms with Crippen LogP contribution >= 0.6 is 0 Å². The van der Waals surface area contributed by atoms with Crippen molar-refractivity contribution in [3.8, 4) is 0 Å². The SMILES string of the molecule is C[Si]c1ccccc1.[C-]1=CC=CC1.[Cl-].[Cl-].[Ti+4].c1ccc2[cH-]ccc2c1. The molecule has 1 aliphatic rings. The zero-order valence-electron chi connectivity index (χ0n) is 14.1. The molecule has 0 heterocycles. The Kier molecular flexibility index (Phi) is 17.3. The average molecular weight is 419 g/mol. The first-order valence-corrected chi connectivity index (χ1v) is 8.95. The smallest absolute Gasteiger partial charge is 1.00 e. The van der Waals surface area contributed by atoms with Gasteiger partial charge >= 0.3 is 21.7 Å². The van der Waals surface area contributed by atoms with Crippen LogP contribution in [0.25, 0.3) is 10.8 Å². The number of hydrogen-bond acceptors (Lipinski definition) is 0. The third-order valence-corrected chi connectivity index (χ3v) is 4.11. The number of fused-ring (bicyclic) bond motifs is 1. The van der Waals surface area contributed by atoms with Crippen molar-refractivity contribution in [2.24, 2.45) is 0 Å². The van der Waals surface area contributed by atoms with Crippen molar-refractivity contribution in [3.05, 3.63) is 97.1 Å². The average Bonchev–Trinajstić information content (AvgIpc) is 3.30. The number of hydrogen-bond donors (Lipinski definition) is 0. The van der Waals surface area contributed by atoms with Gasteiger partial charge in [0, 0.05) is 0 Å². The number of benzene rings is 2. The summed E-state index contributed by atoms with van der Waals surface area (Å²) in [6.45, 7) is 2.19. The van der Waals surface area contributed by atoms with E-state index in [9.17, 15) is 0 Å². The molecule has 0 spiro atoms. The van der Waals surface area contributed by atoms with Crippen molar-refractivity contribution in [2.45, 2.75) is 13.0 Å². The maximum absolute atomic E-state index is 2.99. The fraction of sp³-hybridized carbons (Fsp3) is 0.0952. The topological polar surface area (TPSA) is 0 Å². The van der Waals surface area contributed by atoms with E-state index in [1.54, 1.807) is 0 Å². The number of halogens is 2. The number of rotatable bonds is 1. The molecule has 0 aliphatic heterocycles. The molecule has 0 unspecified atom stereocenters. The second-order valence-electron chi connectivity index (χ2n) is 4.77. The van der Waals surface area contributed by atoms with Gasteiger partial charge < -0.3 is 24.8 Å². The predicted molar refractivity (Wildman–Crippen MR) is 98.8 cm³/mol. The molecule has 0 saturated heterocycles. The molecule has 4 rings (SSSR count). The van der Waals surface area contributed by atoms with Crippen molar-refractivity contribution in [2.75, 3.05) is 0 Å². The molecule has 1 aliphatic carbocycles. The van der Waals surface area contributed by atoms with Crippen LogP contribution in [0.4, 0.5) is 0 Å². The minimum Gasteiger partial charge on any atom is -1.00 e. The van der Waals surface area contributed by atoms with Gasteiger partial charge in [-0.15, -0.1) is 36.1 Å². The molecule has 4 heteroatoms. The van der Waals surface area contributed by atoms with Crippen molar-refractivity contribution in [3.63, 3.8) is 0 Å². The quantitative estimate of drug-likeness (QED) is 0.349. The molecule has 3 aromatic rings. The van der Waals surface area contributed by atoms with E-state index < -0.39 is 0 Å². The first-order valence-electron chi connectivity index (χ1n) is 7.45. The van der Waals surface area contributed by atoms with E-state index in [0.29, 0.717) is 0 Å². The predicted octanol–water partition coefficient (Wildman–Crippen LogP) is -1.07. The van der Waals surface area contributed by atoms with Crippen molar-refractivity contribution >= 4 is 25.5 Å². The Balaban J connectivity index is 0. The van der Waals surface area contributed by atoms with Gasteiger partial charge in [0.05, 0.1) is 9.52 Å². The first kappa shape index (κ1) is 26.3. The zero-order chi connectivity index (χ0) is 15.5. The Hall–Kier alpha value is -0.959. The van der Waals surface area contributed by atoms with Crippen molar-refractivity contribution in [1.29, 1.82) is 0 Å². The minimum absolute atomic E-state index is 0. The van der Waals surface area contributed by atoms with Crippen molar-refractivity contribution < 1.29 is 46.5 Å². The summed E-state index contributed by atoms with van der Waals surface area (Å²) in [6.07, 6.45) is 10.0. The summed E-state index contributed by atoms with van der Waals surface area (Å²) in [4.78, 5) is 0. The fourth-order valence-electron chi connectivity index (χ4n) is 2.01. The van der Waals surface area contributed by atoms with Gasteiger partial charge in [0.2, 0.25) is 0 Å². The summed E-state index contributed by atoms with van der Waals surface area (Å²) >= 11 is 0. The van der Waals surface area contributed by atoms with E-state index in [0.717, 1.165) is 15.9 Å². The molecule has 126 valence electrons. The van der Waals surface area contributed by atoms with Gasteiger partial charge in [0.1, 0.15) is 0 Å². The van der Waals surface area contributed by atoms with E-state index in [4.69, 9.17) is 0 Å². The van der Waals surface area contributed by atoms with Crippen LogP contribution in [0.1, 0.15) is 6.42 Å². The Bertz CT molecular complexity index is 681. The third-order valence-electron chi connectivity index (χ3n) is 3.20. The molecule has 0 nitrogen and oxygen atoms in total. The van der Waals surface area contributed by atoms with Crippen LogP contribution in [-0.2, 0) is 21.7 Å². The monoisotopic (exact) mass is 418 g/mol. The van der Waals surface area contributed by atoms with E-state index in [1.165, 1.54) is 16.0 Å². The van der Waals surface area contributed by atoms with Gasteiger partial charge in [-0.05, 0) is 0 Å². The summed E-state index contributed by atoms with van der Waals surface area (Å²) in [6, 6.07) is 25.2. The fourth-order valence-corrected chi connectivity index (χ4v) is 2.54. The van der Waals surface area contributed by atoms with Gasteiger partial charge in [-0.3, -0.25) is 6.08 Å². The summed E-state index contributed by atoms with van der Waals surface area (Å²) in [5.41, 5.74) is 0. The molecular formula is C21H20Cl2SiTi. The molecule has 0 aromatic heterocycles. The molecule has 25 heavy (non-hydrogen) atoms. The Morgan fingerprint density at radius 3 is 2.08 bits per heavy atom. The maximum Gasteiger partial charge on any atom is 4.00 e. The van der Waals surface area contributed by atoms with Crippen LogP contribution < -0.4 is 30.0 Å². The van der Waals surface area contributed by atoms with E-state index >= 15 is 0 Å². The molecule has 0 bridgehead atoms. The largest absolute Gasteiger partial charge is 4.00 e. The van der Waals surface area contributed by atoms with Gasteiger partial charge in [-0.25, -0.2) is 12.2 Å². The maximum atomic E-state index is 2.99. The van der Waals surface area contributed by atoms with Crippen LogP contribution in [0, 0.1) is 6.08 Å². The van der Waals surface area contributed by atoms with Gasteiger partial charge in [-0.1, -0.05) is 48.1 Å². The van der Waals surface area contributed by atoms with Crippen LogP contribution in [0.15, 0.2) is 91.0 Å². The molecule has 0 amide bonds. The summed E-state index contributed by atoms with van der Waals surface area (Å²) in [5.74, 6) is 0. The number of allylic oxidation sites excluding steroid dienone is 4. The van der Waals surface area contributed by atoms with Gasteiger partial charge in [-0.2, -0.15) is 23.6 Å². The zero-order valence-corrected chi connectivity index (χ0v) is 18.2. The summed E-state index contributed by atoms with van der Waals surface area (Å²) in [7, 11) is 0.930. The van der Waals surface area contributed by atoms with E-state index in [2.05, 4.69) is 85.4 Å². The van der Waals surface area contributed by atoms with Crippen LogP contribution in [0.5, 0.6) is 0 Å². The van der Waals surface area contributed by atoms with Crippen LogP contribution in [0.2, 0.25) is 6.55 Å². The minimum atomic E-state index is 0. The third kappa shape index (κ3) is 10.6. The second-order valence-corrected chi connectivity index (χ2v) is 5.85. The summed E-state index contributed by atoms with van der Waals surface area (Å²) in [5, 5.41) is 4.10. The first-order chi connectivity index (χ1) is 10.9. The Morgan fingerprint density at radius 1 is 0.920 bits per heavy atom. The molecule has 3 aromatic carbocycles. The molecular weight excluding hydrogens is 399 g/mol. The second kappa shape index (κ2) is 16.5. The van der Waals surface area contributed by atoms with Gasteiger partial charge in [0.15, 0.2) is 0 Å². The molecule has 0 saturated carbocycles. The molecule has 0 fully saturated rings. The molecule has 2 radical (unpaired) electrons. The standard InChI is InChI=1S/C9H7.C7H8Si.C5H5.2ClH.Ti/c1-2-5-9-7-3-6-8(9)4-1;1-8-7-5-3-2-4-6-7;1-2-4-5-3-1;;;/h1-7H;2-6H,1H3;1-3H,4H2;2*1H;/q-1;;-1;;;+4/p-2.